The number of rotatable bonds is 7. The molecule has 0 aliphatic carbocycles. The highest BCUT2D eigenvalue weighted by atomic mass is 35.5. The molecule has 0 heterocycles. The molecule has 2 N–H and O–H groups in total. The van der Waals surface area contributed by atoms with Crippen molar-refractivity contribution >= 4 is 24.2 Å². The highest BCUT2D eigenvalue weighted by Crippen LogP contribution is 2.27. The molecule has 1 aromatic rings. The Bertz CT molecular complexity index is 483. The third-order valence-electron chi connectivity index (χ3n) is 3.28. The molecule has 0 fully saturated rings. The van der Waals surface area contributed by atoms with Gasteiger partial charge in [0.05, 0.1) is 25.0 Å². The fourth-order valence-electron chi connectivity index (χ4n) is 2.18. The van der Waals surface area contributed by atoms with E-state index in [1.807, 2.05) is 0 Å². The molecule has 4 nitrogen and oxygen atoms in total. The van der Waals surface area contributed by atoms with E-state index >= 15 is 0 Å². The van der Waals surface area contributed by atoms with E-state index in [0.29, 0.717) is 5.56 Å². The predicted molar refractivity (Wildman–Crippen MR) is 81.1 cm³/mol. The molecule has 0 spiro atoms. The van der Waals surface area contributed by atoms with Crippen LogP contribution in [-0.2, 0) is 20.7 Å². The summed E-state index contributed by atoms with van der Waals surface area (Å²) in [6, 6.07) is 7.58. The van der Waals surface area contributed by atoms with Gasteiger partial charge in [0, 0.05) is 0 Å². The monoisotopic (exact) mass is 335 g/mol. The predicted octanol–water partition coefficient (Wildman–Crippen LogP) is 2.24. The van der Waals surface area contributed by atoms with Crippen molar-refractivity contribution in [3.63, 3.8) is 0 Å². The van der Waals surface area contributed by atoms with E-state index in [2.05, 4.69) is 4.74 Å². The third kappa shape index (κ3) is 5.35. The lowest BCUT2D eigenvalue weighted by atomic mass is 9.82. The largest absolute Gasteiger partial charge is 0.469 e. The van der Waals surface area contributed by atoms with Crippen LogP contribution in [0.25, 0.3) is 0 Å². The van der Waals surface area contributed by atoms with Crippen molar-refractivity contribution < 1.29 is 23.1 Å². The molecule has 0 saturated heterocycles. The van der Waals surface area contributed by atoms with Gasteiger partial charge < -0.3 is 10.5 Å². The summed E-state index contributed by atoms with van der Waals surface area (Å²) in [5.74, 6) is -4.69. The molecule has 1 aromatic carbocycles. The van der Waals surface area contributed by atoms with E-state index in [1.54, 1.807) is 30.3 Å². The number of hydrogen-bond donors (Lipinski definition) is 1. The molecule has 0 bridgehead atoms. The Morgan fingerprint density at radius 2 is 1.77 bits per heavy atom. The minimum Gasteiger partial charge on any atom is -0.469 e. The van der Waals surface area contributed by atoms with Crippen molar-refractivity contribution in [2.45, 2.75) is 25.8 Å². The fourth-order valence-corrected chi connectivity index (χ4v) is 2.18. The Morgan fingerprint density at radius 1 is 1.23 bits per heavy atom. The number of hydrogen-bond acceptors (Lipinski definition) is 4. The highest BCUT2D eigenvalue weighted by Gasteiger charge is 2.41. The van der Waals surface area contributed by atoms with Gasteiger partial charge in [0.2, 0.25) is 6.43 Å². The van der Waals surface area contributed by atoms with Crippen molar-refractivity contribution in [2.24, 2.45) is 17.6 Å². The second-order valence-corrected chi connectivity index (χ2v) is 4.87. The highest BCUT2D eigenvalue weighted by molar-refractivity contribution is 5.90. The van der Waals surface area contributed by atoms with Gasteiger partial charge >= 0.3 is 5.97 Å². The maximum absolute atomic E-state index is 13.3. The first-order chi connectivity index (χ1) is 9.88. The number of nitrogens with two attached hydrogens (primary N) is 1. The average molecular weight is 336 g/mol. The number of carbonyl (C=O) groups excluding carboxylic acids is 2. The Morgan fingerprint density at radius 3 is 2.18 bits per heavy atom. The van der Waals surface area contributed by atoms with Gasteiger partial charge in [-0.05, 0) is 18.9 Å². The minimum absolute atomic E-state index is 0. The number of carbonyl (C=O) groups is 2. The van der Waals surface area contributed by atoms with Crippen LogP contribution in [0.2, 0.25) is 0 Å². The number of methoxy groups -OCH3 is 1. The lowest BCUT2D eigenvalue weighted by Gasteiger charge is -2.25. The molecule has 0 amide bonds. The Kier molecular flexibility index (Phi) is 8.82. The number of alkyl halides is 2. The van der Waals surface area contributed by atoms with Crippen LogP contribution in [0.3, 0.4) is 0 Å². The first-order valence-corrected chi connectivity index (χ1v) is 6.57. The SMILES string of the molecule is COC(=O)C(Cc1ccccc1)C(C(=O)C(C)N)C(F)F.Cl. The van der Waals surface area contributed by atoms with Crippen molar-refractivity contribution in [1.82, 2.24) is 0 Å². The number of esters is 1. The smallest absolute Gasteiger partial charge is 0.309 e. The average Bonchev–Trinajstić information content (AvgIpc) is 2.46. The van der Waals surface area contributed by atoms with E-state index < -0.39 is 36.1 Å². The van der Waals surface area contributed by atoms with Crippen LogP contribution in [0.5, 0.6) is 0 Å². The number of ketones is 1. The van der Waals surface area contributed by atoms with Crippen LogP contribution in [0.1, 0.15) is 12.5 Å². The second-order valence-electron chi connectivity index (χ2n) is 4.87. The molecule has 0 saturated carbocycles. The first kappa shape index (κ1) is 20.5. The van der Waals surface area contributed by atoms with E-state index in [1.165, 1.54) is 6.92 Å². The standard InChI is InChI=1S/C15H19F2NO3.ClH/c1-9(18)13(19)12(14(16)17)11(15(20)21-2)8-10-6-4-3-5-7-10;/h3-7,9,11-12,14H,8,18H2,1-2H3;1H. The number of halogens is 3. The van der Waals surface area contributed by atoms with Gasteiger partial charge in [-0.2, -0.15) is 0 Å². The minimum atomic E-state index is -2.98. The molecule has 0 aliphatic rings. The summed E-state index contributed by atoms with van der Waals surface area (Å²) in [4.78, 5) is 23.8. The zero-order valence-electron chi connectivity index (χ0n) is 12.4. The van der Waals surface area contributed by atoms with Gasteiger partial charge in [-0.1, -0.05) is 30.3 Å². The Labute approximate surface area is 134 Å². The second kappa shape index (κ2) is 9.48. The van der Waals surface area contributed by atoms with Crippen LogP contribution < -0.4 is 5.73 Å². The van der Waals surface area contributed by atoms with Gasteiger partial charge in [0.1, 0.15) is 0 Å². The van der Waals surface area contributed by atoms with Crippen LogP contribution in [0, 0.1) is 11.8 Å². The maximum Gasteiger partial charge on any atom is 0.309 e. The molecule has 0 aliphatic heterocycles. The molecular formula is C15H20ClF2NO3. The summed E-state index contributed by atoms with van der Waals surface area (Å²) < 4.78 is 31.1. The maximum atomic E-state index is 13.3. The lowest BCUT2D eigenvalue weighted by Crippen LogP contribution is -2.43. The van der Waals surface area contributed by atoms with Gasteiger partial charge in [-0.3, -0.25) is 9.59 Å². The van der Waals surface area contributed by atoms with E-state index in [-0.39, 0.29) is 18.8 Å². The van der Waals surface area contributed by atoms with E-state index in [9.17, 15) is 18.4 Å². The summed E-state index contributed by atoms with van der Waals surface area (Å²) in [7, 11) is 1.11. The number of Topliss-reactive ketones (excluding diaryl/α,β-unsaturated/α-hetero) is 1. The van der Waals surface area contributed by atoms with Crippen molar-refractivity contribution in [3.05, 3.63) is 35.9 Å². The summed E-state index contributed by atoms with van der Waals surface area (Å²) in [5, 5.41) is 0. The topological polar surface area (TPSA) is 69.4 Å². The van der Waals surface area contributed by atoms with Crippen LogP contribution in [0.15, 0.2) is 30.3 Å². The van der Waals surface area contributed by atoms with Crippen molar-refractivity contribution in [1.29, 1.82) is 0 Å². The normalized spacial score (nSPS) is 14.6. The number of benzene rings is 1. The first-order valence-electron chi connectivity index (χ1n) is 6.57. The lowest BCUT2D eigenvalue weighted by molar-refractivity contribution is -0.154. The molecule has 0 aromatic heterocycles. The molecule has 22 heavy (non-hydrogen) atoms. The molecular weight excluding hydrogens is 316 g/mol. The zero-order chi connectivity index (χ0) is 16.0. The van der Waals surface area contributed by atoms with Gasteiger partial charge in [-0.15, -0.1) is 12.4 Å². The third-order valence-corrected chi connectivity index (χ3v) is 3.28. The van der Waals surface area contributed by atoms with Crippen LogP contribution >= 0.6 is 12.4 Å². The Hall–Kier alpha value is -1.53. The quantitative estimate of drug-likeness (QED) is 0.776. The summed E-state index contributed by atoms with van der Waals surface area (Å²) in [6.45, 7) is 1.33. The van der Waals surface area contributed by atoms with Crippen LogP contribution in [-0.4, -0.2) is 31.3 Å². The van der Waals surface area contributed by atoms with Gasteiger partial charge in [-0.25, -0.2) is 8.78 Å². The van der Waals surface area contributed by atoms with Gasteiger partial charge in [0.25, 0.3) is 0 Å². The van der Waals surface area contributed by atoms with E-state index in [4.69, 9.17) is 5.73 Å². The van der Waals surface area contributed by atoms with Crippen molar-refractivity contribution in [3.8, 4) is 0 Å². The Balaban J connectivity index is 0.00000441. The van der Waals surface area contributed by atoms with Crippen LogP contribution in [0.4, 0.5) is 8.78 Å². The molecule has 3 unspecified atom stereocenters. The summed E-state index contributed by atoms with van der Waals surface area (Å²) in [5.41, 5.74) is 6.09. The van der Waals surface area contributed by atoms with E-state index in [0.717, 1.165) is 7.11 Å². The molecule has 1 rings (SSSR count). The molecule has 7 heteroatoms. The van der Waals surface area contributed by atoms with Crippen molar-refractivity contribution in [2.75, 3.05) is 7.11 Å². The fraction of sp³-hybridized carbons (Fsp3) is 0.467. The molecule has 3 atom stereocenters. The number of ether oxygens (including phenoxy) is 1. The summed E-state index contributed by atoms with van der Waals surface area (Å²) in [6.07, 6.45) is -2.97. The molecule has 0 radical (unpaired) electrons. The van der Waals surface area contributed by atoms with Gasteiger partial charge in [0.15, 0.2) is 5.78 Å². The summed E-state index contributed by atoms with van der Waals surface area (Å²) >= 11 is 0. The molecule has 124 valence electrons. The zero-order valence-corrected chi connectivity index (χ0v) is 13.2.